The number of para-hydroxylation sites is 1. The number of nitrogens with zero attached hydrogens (tertiary/aromatic N) is 1. The van der Waals surface area contributed by atoms with Crippen LogP contribution in [0, 0.1) is 12.7 Å². The first-order valence-electron chi connectivity index (χ1n) is 3.55. The van der Waals surface area contributed by atoms with E-state index in [-0.39, 0.29) is 5.82 Å². The summed E-state index contributed by atoms with van der Waals surface area (Å²) in [6.45, 7) is 1.90. The van der Waals surface area contributed by atoms with Crippen LogP contribution < -0.4 is 4.90 Å². The molecule has 0 radical (unpaired) electrons. The molecule has 0 bridgehead atoms. The summed E-state index contributed by atoms with van der Waals surface area (Å²) in [5.41, 5.74) is 1.64. The molecular weight excluding hydrogens is 141 g/mol. The molecule has 0 spiro atoms. The minimum Gasteiger partial charge on any atom is -0.375 e. The van der Waals surface area contributed by atoms with Crippen LogP contribution in [0.2, 0.25) is 0 Å². The van der Waals surface area contributed by atoms with E-state index in [0.29, 0.717) is 5.69 Å². The summed E-state index contributed by atoms with van der Waals surface area (Å²) in [6, 6.07) is 5.10. The van der Waals surface area contributed by atoms with Crippen molar-refractivity contribution < 1.29 is 4.39 Å². The molecule has 2 heteroatoms. The van der Waals surface area contributed by atoms with Crippen LogP contribution in [0.4, 0.5) is 10.1 Å². The summed E-state index contributed by atoms with van der Waals surface area (Å²) in [4.78, 5) is 1.78. The van der Waals surface area contributed by atoms with Gasteiger partial charge in [0.1, 0.15) is 5.82 Å². The normalized spacial score (nSPS) is 9.82. The highest BCUT2D eigenvalue weighted by Crippen LogP contribution is 2.20. The summed E-state index contributed by atoms with van der Waals surface area (Å²) in [6.07, 6.45) is 0. The summed E-state index contributed by atoms with van der Waals surface area (Å²) in [5.74, 6) is -0.157. The van der Waals surface area contributed by atoms with Crippen LogP contribution in [0.15, 0.2) is 18.2 Å². The highest BCUT2D eigenvalue weighted by molar-refractivity contribution is 5.52. The van der Waals surface area contributed by atoms with Crippen molar-refractivity contribution in [3.63, 3.8) is 0 Å². The van der Waals surface area contributed by atoms with Gasteiger partial charge in [-0.25, -0.2) is 4.39 Å². The van der Waals surface area contributed by atoms with E-state index < -0.39 is 0 Å². The second-order valence-corrected chi connectivity index (χ2v) is 2.80. The van der Waals surface area contributed by atoms with Gasteiger partial charge >= 0.3 is 0 Å². The summed E-state index contributed by atoms with van der Waals surface area (Å²) >= 11 is 0. The Morgan fingerprint density at radius 2 is 1.91 bits per heavy atom. The molecule has 0 fully saturated rings. The van der Waals surface area contributed by atoms with Gasteiger partial charge in [-0.2, -0.15) is 0 Å². The minimum absolute atomic E-state index is 0.157. The quantitative estimate of drug-likeness (QED) is 0.597. The SMILES string of the molecule is Cc1cccc(F)c1N(C)C. The third kappa shape index (κ3) is 1.50. The van der Waals surface area contributed by atoms with Crippen molar-refractivity contribution in [1.29, 1.82) is 0 Å². The highest BCUT2D eigenvalue weighted by atomic mass is 19.1. The molecular formula is C9H12FN. The first-order chi connectivity index (χ1) is 5.13. The number of anilines is 1. The van der Waals surface area contributed by atoms with Crippen molar-refractivity contribution in [2.75, 3.05) is 19.0 Å². The van der Waals surface area contributed by atoms with Crippen LogP contribution in [0.3, 0.4) is 0 Å². The molecule has 0 unspecified atom stereocenters. The predicted octanol–water partition coefficient (Wildman–Crippen LogP) is 2.20. The third-order valence-corrected chi connectivity index (χ3v) is 1.64. The lowest BCUT2D eigenvalue weighted by Gasteiger charge is -2.15. The lowest BCUT2D eigenvalue weighted by molar-refractivity contribution is 0.625. The Morgan fingerprint density at radius 1 is 1.27 bits per heavy atom. The Bertz CT molecular complexity index is 235. The zero-order chi connectivity index (χ0) is 8.43. The Balaban J connectivity index is 3.21. The minimum atomic E-state index is -0.157. The van der Waals surface area contributed by atoms with Crippen molar-refractivity contribution in [3.05, 3.63) is 29.6 Å². The fourth-order valence-electron chi connectivity index (χ4n) is 1.19. The van der Waals surface area contributed by atoms with E-state index in [1.165, 1.54) is 6.07 Å². The topological polar surface area (TPSA) is 3.24 Å². The number of rotatable bonds is 1. The van der Waals surface area contributed by atoms with Crippen molar-refractivity contribution in [1.82, 2.24) is 0 Å². The maximum Gasteiger partial charge on any atom is 0.146 e. The smallest absolute Gasteiger partial charge is 0.146 e. The largest absolute Gasteiger partial charge is 0.375 e. The van der Waals surface area contributed by atoms with E-state index in [1.807, 2.05) is 27.1 Å². The average molecular weight is 153 g/mol. The molecule has 0 heterocycles. The standard InChI is InChI=1S/C9H12FN/c1-7-5-4-6-8(10)9(7)11(2)3/h4-6H,1-3H3. The van der Waals surface area contributed by atoms with Crippen LogP contribution in [0.25, 0.3) is 0 Å². The molecule has 1 aromatic carbocycles. The van der Waals surface area contributed by atoms with Gasteiger partial charge in [0.15, 0.2) is 0 Å². The Labute approximate surface area is 66.5 Å². The molecule has 0 aromatic heterocycles. The third-order valence-electron chi connectivity index (χ3n) is 1.64. The second kappa shape index (κ2) is 2.91. The fraction of sp³-hybridized carbons (Fsp3) is 0.333. The zero-order valence-corrected chi connectivity index (χ0v) is 7.06. The van der Waals surface area contributed by atoms with Crippen molar-refractivity contribution in [3.8, 4) is 0 Å². The molecule has 0 saturated carbocycles. The van der Waals surface area contributed by atoms with Crippen LogP contribution in [-0.2, 0) is 0 Å². The molecule has 0 N–H and O–H groups in total. The molecule has 0 saturated heterocycles. The molecule has 0 atom stereocenters. The van der Waals surface area contributed by atoms with E-state index in [0.717, 1.165) is 5.56 Å². The van der Waals surface area contributed by atoms with Crippen LogP contribution in [0.5, 0.6) is 0 Å². The highest BCUT2D eigenvalue weighted by Gasteiger charge is 2.05. The van der Waals surface area contributed by atoms with Gasteiger partial charge in [-0.15, -0.1) is 0 Å². The van der Waals surface area contributed by atoms with Gasteiger partial charge in [-0.1, -0.05) is 12.1 Å². The molecule has 0 aliphatic heterocycles. The molecule has 11 heavy (non-hydrogen) atoms. The number of hydrogen-bond acceptors (Lipinski definition) is 1. The van der Waals surface area contributed by atoms with Gasteiger partial charge in [-0.05, 0) is 18.6 Å². The summed E-state index contributed by atoms with van der Waals surface area (Å²) in [7, 11) is 3.68. The number of aryl methyl sites for hydroxylation is 1. The average Bonchev–Trinajstić information content (AvgIpc) is 1.85. The molecule has 0 aliphatic carbocycles. The van der Waals surface area contributed by atoms with E-state index >= 15 is 0 Å². The molecule has 0 amide bonds. The molecule has 60 valence electrons. The first-order valence-corrected chi connectivity index (χ1v) is 3.55. The van der Waals surface area contributed by atoms with Gasteiger partial charge in [0.2, 0.25) is 0 Å². The van der Waals surface area contributed by atoms with E-state index in [4.69, 9.17) is 0 Å². The predicted molar refractivity (Wildman–Crippen MR) is 45.5 cm³/mol. The Hall–Kier alpha value is -1.05. The van der Waals surface area contributed by atoms with Crippen molar-refractivity contribution in [2.24, 2.45) is 0 Å². The van der Waals surface area contributed by atoms with Crippen molar-refractivity contribution >= 4 is 5.69 Å². The molecule has 1 nitrogen and oxygen atoms in total. The van der Waals surface area contributed by atoms with Gasteiger partial charge in [0.25, 0.3) is 0 Å². The number of halogens is 1. The summed E-state index contributed by atoms with van der Waals surface area (Å²) < 4.78 is 13.1. The summed E-state index contributed by atoms with van der Waals surface area (Å²) in [5, 5.41) is 0. The van der Waals surface area contributed by atoms with Crippen LogP contribution in [0.1, 0.15) is 5.56 Å². The van der Waals surface area contributed by atoms with E-state index in [9.17, 15) is 4.39 Å². The fourth-order valence-corrected chi connectivity index (χ4v) is 1.19. The second-order valence-electron chi connectivity index (χ2n) is 2.80. The zero-order valence-electron chi connectivity index (χ0n) is 7.06. The molecule has 1 aromatic rings. The monoisotopic (exact) mass is 153 g/mol. The van der Waals surface area contributed by atoms with E-state index in [2.05, 4.69) is 0 Å². The van der Waals surface area contributed by atoms with E-state index in [1.54, 1.807) is 11.0 Å². The van der Waals surface area contributed by atoms with Crippen LogP contribution in [-0.4, -0.2) is 14.1 Å². The van der Waals surface area contributed by atoms with Crippen molar-refractivity contribution in [2.45, 2.75) is 6.92 Å². The number of hydrogen-bond donors (Lipinski definition) is 0. The van der Waals surface area contributed by atoms with Gasteiger partial charge in [0.05, 0.1) is 5.69 Å². The molecule has 1 rings (SSSR count). The Morgan fingerprint density at radius 3 is 2.27 bits per heavy atom. The lowest BCUT2D eigenvalue weighted by atomic mass is 10.2. The number of benzene rings is 1. The maximum absolute atomic E-state index is 13.1. The molecule has 0 aliphatic rings. The first kappa shape index (κ1) is 8.05. The van der Waals surface area contributed by atoms with Gasteiger partial charge in [0, 0.05) is 14.1 Å². The Kier molecular flexibility index (Phi) is 2.13. The van der Waals surface area contributed by atoms with Gasteiger partial charge < -0.3 is 4.90 Å². The van der Waals surface area contributed by atoms with Crippen LogP contribution >= 0.6 is 0 Å². The maximum atomic E-state index is 13.1. The van der Waals surface area contributed by atoms with Gasteiger partial charge in [-0.3, -0.25) is 0 Å². The lowest BCUT2D eigenvalue weighted by Crippen LogP contribution is -2.12.